The molecule has 0 radical (unpaired) electrons. The Labute approximate surface area is 146 Å². The molecule has 0 aromatic heterocycles. The van der Waals surface area contributed by atoms with Gasteiger partial charge in [-0.1, -0.05) is 32.0 Å². The highest BCUT2D eigenvalue weighted by molar-refractivity contribution is 8.00. The minimum absolute atomic E-state index is 0.154. The van der Waals surface area contributed by atoms with Crippen molar-refractivity contribution in [2.45, 2.75) is 36.3 Å². The van der Waals surface area contributed by atoms with Crippen molar-refractivity contribution in [3.63, 3.8) is 0 Å². The van der Waals surface area contributed by atoms with Gasteiger partial charge in [-0.2, -0.15) is 0 Å². The van der Waals surface area contributed by atoms with Gasteiger partial charge in [-0.05, 0) is 41.8 Å². The molecule has 1 heterocycles. The molecule has 1 atom stereocenters. The number of imide groups is 1. The number of nitrogens with zero attached hydrogens (tertiary/aromatic N) is 1. The summed E-state index contributed by atoms with van der Waals surface area (Å²) in [6.45, 7) is 4.22. The fourth-order valence-electron chi connectivity index (χ4n) is 2.73. The van der Waals surface area contributed by atoms with E-state index in [-0.39, 0.29) is 18.2 Å². The van der Waals surface area contributed by atoms with E-state index in [1.54, 1.807) is 6.07 Å². The number of thioether (sulfide) groups is 1. The van der Waals surface area contributed by atoms with Crippen LogP contribution in [0.15, 0.2) is 53.4 Å². The summed E-state index contributed by atoms with van der Waals surface area (Å²) in [7, 11) is 0. The number of carbonyl (C=O) groups excluding carboxylic acids is 2. The van der Waals surface area contributed by atoms with E-state index in [1.807, 2.05) is 42.5 Å². The fourth-order valence-corrected chi connectivity index (χ4v) is 3.85. The molecule has 2 aromatic carbocycles. The van der Waals surface area contributed by atoms with Crippen LogP contribution in [0.2, 0.25) is 0 Å². The van der Waals surface area contributed by atoms with Crippen LogP contribution in [0, 0.1) is 0 Å². The SMILES string of the molecule is CC(C)c1ccc(N2C(=O)CC(Sc3cccc(N)c3)C2=O)cc1. The van der Waals surface area contributed by atoms with Gasteiger partial charge in [-0.25, -0.2) is 4.90 Å². The molecule has 3 rings (SSSR count). The van der Waals surface area contributed by atoms with Crippen LogP contribution in [0.1, 0.15) is 31.7 Å². The lowest BCUT2D eigenvalue weighted by atomic mass is 10.0. The molecule has 24 heavy (non-hydrogen) atoms. The first-order chi connectivity index (χ1) is 11.5. The molecule has 5 heteroatoms. The predicted octanol–water partition coefficient (Wildman–Crippen LogP) is 3.82. The smallest absolute Gasteiger partial charge is 0.247 e. The molecule has 2 amide bonds. The van der Waals surface area contributed by atoms with E-state index in [4.69, 9.17) is 5.73 Å². The molecular weight excluding hydrogens is 320 g/mol. The highest BCUT2D eigenvalue weighted by Gasteiger charge is 2.40. The van der Waals surface area contributed by atoms with Crippen LogP contribution in [0.4, 0.5) is 11.4 Å². The first-order valence-corrected chi connectivity index (χ1v) is 8.82. The van der Waals surface area contributed by atoms with Gasteiger partial charge in [0.05, 0.1) is 10.9 Å². The first kappa shape index (κ1) is 16.6. The van der Waals surface area contributed by atoms with E-state index >= 15 is 0 Å². The van der Waals surface area contributed by atoms with Crippen LogP contribution in [0.3, 0.4) is 0 Å². The predicted molar refractivity (Wildman–Crippen MR) is 98.1 cm³/mol. The first-order valence-electron chi connectivity index (χ1n) is 7.94. The quantitative estimate of drug-likeness (QED) is 0.679. The number of hydrogen-bond donors (Lipinski definition) is 1. The maximum Gasteiger partial charge on any atom is 0.247 e. The van der Waals surface area contributed by atoms with Crippen LogP contribution >= 0.6 is 11.8 Å². The normalized spacial score (nSPS) is 17.8. The summed E-state index contributed by atoms with van der Waals surface area (Å²) in [5.41, 5.74) is 8.25. The summed E-state index contributed by atoms with van der Waals surface area (Å²) >= 11 is 1.39. The van der Waals surface area contributed by atoms with Gasteiger partial charge in [0.25, 0.3) is 0 Å². The van der Waals surface area contributed by atoms with Crippen molar-refractivity contribution in [3.05, 3.63) is 54.1 Å². The minimum atomic E-state index is -0.399. The van der Waals surface area contributed by atoms with Crippen molar-refractivity contribution in [2.75, 3.05) is 10.6 Å². The fraction of sp³-hybridized carbons (Fsp3) is 0.263. The minimum Gasteiger partial charge on any atom is -0.399 e. The van der Waals surface area contributed by atoms with Crippen molar-refractivity contribution in [1.29, 1.82) is 0 Å². The monoisotopic (exact) mass is 340 g/mol. The summed E-state index contributed by atoms with van der Waals surface area (Å²) in [6, 6.07) is 15.0. The zero-order chi connectivity index (χ0) is 17.3. The number of benzene rings is 2. The van der Waals surface area contributed by atoms with Gasteiger partial charge in [0, 0.05) is 17.0 Å². The number of amides is 2. The summed E-state index contributed by atoms with van der Waals surface area (Å²) < 4.78 is 0. The molecule has 1 aliphatic rings. The molecule has 1 unspecified atom stereocenters. The lowest BCUT2D eigenvalue weighted by molar-refractivity contribution is -0.121. The molecule has 1 fully saturated rings. The van der Waals surface area contributed by atoms with E-state index in [9.17, 15) is 9.59 Å². The van der Waals surface area contributed by atoms with E-state index < -0.39 is 5.25 Å². The molecule has 0 aliphatic carbocycles. The van der Waals surface area contributed by atoms with Gasteiger partial charge in [-0.15, -0.1) is 11.8 Å². The Hall–Kier alpha value is -2.27. The van der Waals surface area contributed by atoms with Gasteiger partial charge < -0.3 is 5.73 Å². The Bertz CT molecular complexity index is 771. The number of anilines is 2. The topological polar surface area (TPSA) is 63.4 Å². The molecule has 4 nitrogen and oxygen atoms in total. The number of hydrogen-bond acceptors (Lipinski definition) is 4. The molecule has 1 aliphatic heterocycles. The Morgan fingerprint density at radius 1 is 1.12 bits per heavy atom. The van der Waals surface area contributed by atoms with Crippen LogP contribution in [-0.2, 0) is 9.59 Å². The molecule has 0 saturated carbocycles. The zero-order valence-corrected chi connectivity index (χ0v) is 14.5. The zero-order valence-electron chi connectivity index (χ0n) is 13.7. The molecule has 0 spiro atoms. The number of rotatable bonds is 4. The highest BCUT2D eigenvalue weighted by atomic mass is 32.2. The summed E-state index contributed by atoms with van der Waals surface area (Å²) in [5, 5.41) is -0.399. The van der Waals surface area contributed by atoms with Crippen LogP contribution in [0.5, 0.6) is 0 Å². The summed E-state index contributed by atoms with van der Waals surface area (Å²) in [4.78, 5) is 27.2. The number of carbonyl (C=O) groups is 2. The maximum atomic E-state index is 12.7. The van der Waals surface area contributed by atoms with Crippen molar-refractivity contribution in [1.82, 2.24) is 0 Å². The lowest BCUT2D eigenvalue weighted by Crippen LogP contribution is -2.31. The lowest BCUT2D eigenvalue weighted by Gasteiger charge is -2.16. The number of nitrogen functional groups attached to an aromatic ring is 1. The second-order valence-corrected chi connectivity index (χ2v) is 7.47. The third kappa shape index (κ3) is 3.31. The van der Waals surface area contributed by atoms with Crippen molar-refractivity contribution in [2.24, 2.45) is 0 Å². The third-order valence-corrected chi connectivity index (χ3v) is 5.24. The van der Waals surface area contributed by atoms with Crippen LogP contribution in [0.25, 0.3) is 0 Å². The van der Waals surface area contributed by atoms with Gasteiger partial charge in [0.15, 0.2) is 0 Å². The second-order valence-electron chi connectivity index (χ2n) is 6.20. The number of nitrogens with two attached hydrogens (primary N) is 1. The molecule has 1 saturated heterocycles. The van der Waals surface area contributed by atoms with Gasteiger partial charge in [0.1, 0.15) is 0 Å². The summed E-state index contributed by atoms with van der Waals surface area (Å²) in [6.07, 6.45) is 0.213. The maximum absolute atomic E-state index is 12.7. The van der Waals surface area contributed by atoms with Crippen molar-refractivity contribution in [3.8, 4) is 0 Å². The van der Waals surface area contributed by atoms with Crippen LogP contribution < -0.4 is 10.6 Å². The third-order valence-electron chi connectivity index (χ3n) is 4.06. The second kappa shape index (κ2) is 6.69. The van der Waals surface area contributed by atoms with E-state index in [0.29, 0.717) is 17.3 Å². The Morgan fingerprint density at radius 3 is 2.46 bits per heavy atom. The average Bonchev–Trinajstić information content (AvgIpc) is 2.81. The average molecular weight is 340 g/mol. The largest absolute Gasteiger partial charge is 0.399 e. The van der Waals surface area contributed by atoms with E-state index in [1.165, 1.54) is 22.2 Å². The van der Waals surface area contributed by atoms with E-state index in [2.05, 4.69) is 13.8 Å². The molecule has 2 N–H and O–H groups in total. The molecular formula is C19H20N2O2S. The Balaban J connectivity index is 1.78. The molecule has 0 bridgehead atoms. The Morgan fingerprint density at radius 2 is 1.83 bits per heavy atom. The van der Waals surface area contributed by atoms with Gasteiger partial charge in [-0.3, -0.25) is 9.59 Å². The summed E-state index contributed by atoms with van der Waals surface area (Å²) in [5.74, 6) is 0.0966. The van der Waals surface area contributed by atoms with Crippen LogP contribution in [-0.4, -0.2) is 17.1 Å². The van der Waals surface area contributed by atoms with Crippen molar-refractivity contribution < 1.29 is 9.59 Å². The van der Waals surface area contributed by atoms with Gasteiger partial charge in [0.2, 0.25) is 11.8 Å². The standard InChI is InChI=1S/C19H20N2O2S/c1-12(2)13-6-8-15(9-7-13)21-18(22)11-17(19(21)23)24-16-5-3-4-14(20)10-16/h3-10,12,17H,11,20H2,1-2H3. The van der Waals surface area contributed by atoms with Crippen molar-refractivity contribution >= 4 is 35.0 Å². The molecule has 124 valence electrons. The van der Waals surface area contributed by atoms with E-state index in [0.717, 1.165) is 4.90 Å². The highest BCUT2D eigenvalue weighted by Crippen LogP contribution is 2.34. The Kier molecular flexibility index (Phi) is 4.62. The molecule has 2 aromatic rings. The van der Waals surface area contributed by atoms with Gasteiger partial charge >= 0.3 is 0 Å².